The zero-order valence-corrected chi connectivity index (χ0v) is 27.3. The van der Waals surface area contributed by atoms with Crippen LogP contribution in [0.1, 0.15) is 53.6 Å². The second-order valence-electron chi connectivity index (χ2n) is 13.1. The van der Waals surface area contributed by atoms with Gasteiger partial charge in [-0.15, -0.1) is 0 Å². The van der Waals surface area contributed by atoms with E-state index in [2.05, 4.69) is 10.2 Å². The third-order valence-electron chi connectivity index (χ3n) is 10.2. The van der Waals surface area contributed by atoms with E-state index < -0.39 is 11.7 Å². The topological polar surface area (TPSA) is 111 Å². The predicted octanol–water partition coefficient (Wildman–Crippen LogP) is 4.76. The zero-order valence-electron chi connectivity index (χ0n) is 27.3. The molecule has 2 amide bonds. The summed E-state index contributed by atoms with van der Waals surface area (Å²) in [5, 5.41) is 3.47. The molecule has 10 nitrogen and oxygen atoms in total. The Hall–Kier alpha value is -3.64. The van der Waals surface area contributed by atoms with Crippen LogP contribution in [0.4, 0.5) is 10.1 Å². The smallest absolute Gasteiger partial charge is 0.259 e. The molecule has 252 valence electrons. The fraction of sp³-hybridized carbons (Fsp3) is 0.528. The normalized spacial score (nSPS) is 26.6. The van der Waals surface area contributed by atoms with Gasteiger partial charge in [-0.3, -0.25) is 14.5 Å². The average Bonchev–Trinajstić information content (AvgIpc) is 3.83. The first-order chi connectivity index (χ1) is 22.8. The second kappa shape index (κ2) is 14.6. The van der Waals surface area contributed by atoms with Crippen LogP contribution >= 0.6 is 0 Å². The molecule has 0 radical (unpaired) electrons. The largest absolute Gasteiger partial charge is 0.463 e. The number of benzene rings is 2. The number of carbonyl (C=O) groups excluding carboxylic acids is 3. The van der Waals surface area contributed by atoms with E-state index in [1.807, 2.05) is 17.0 Å². The van der Waals surface area contributed by atoms with E-state index in [1.165, 1.54) is 12.3 Å². The predicted molar refractivity (Wildman–Crippen MR) is 174 cm³/mol. The first-order valence-corrected chi connectivity index (χ1v) is 16.5. The highest BCUT2D eigenvalue weighted by Crippen LogP contribution is 2.31. The summed E-state index contributed by atoms with van der Waals surface area (Å²) in [6.45, 7) is 4.10. The van der Waals surface area contributed by atoms with Crippen molar-refractivity contribution in [3.63, 3.8) is 0 Å². The fourth-order valence-corrected chi connectivity index (χ4v) is 7.40. The number of fused-ring (bicyclic) bond motifs is 1. The van der Waals surface area contributed by atoms with Crippen LogP contribution in [0.15, 0.2) is 47.1 Å². The van der Waals surface area contributed by atoms with Crippen molar-refractivity contribution in [1.29, 1.82) is 0 Å². The molecule has 1 aromatic heterocycles. The number of aldehydes is 1. The van der Waals surface area contributed by atoms with Crippen LogP contribution in [0, 0.1) is 18.7 Å². The lowest BCUT2D eigenvalue weighted by Crippen LogP contribution is -2.41. The number of furan rings is 1. The molecule has 2 saturated heterocycles. The maximum Gasteiger partial charge on any atom is 0.259 e. The van der Waals surface area contributed by atoms with Crippen molar-refractivity contribution in [2.75, 3.05) is 45.8 Å². The number of hydrogen-bond acceptors (Lipinski definition) is 8. The quantitative estimate of drug-likeness (QED) is 0.296. The summed E-state index contributed by atoms with van der Waals surface area (Å²) >= 11 is 0. The molecule has 3 aliphatic rings. The lowest BCUT2D eigenvalue weighted by atomic mass is 9.88. The molecule has 1 aliphatic carbocycles. The van der Waals surface area contributed by atoms with Crippen molar-refractivity contribution in [2.24, 2.45) is 5.92 Å². The first-order valence-electron chi connectivity index (χ1n) is 16.5. The molecule has 11 heteroatoms. The third-order valence-corrected chi connectivity index (χ3v) is 10.2. The van der Waals surface area contributed by atoms with Crippen molar-refractivity contribution in [3.05, 3.63) is 65.2 Å². The monoisotopic (exact) mass is 649 g/mol. The lowest BCUT2D eigenvalue weighted by molar-refractivity contribution is -0.133. The number of likely N-dealkylation sites (tertiary alicyclic amines) is 2. The molecule has 0 spiro atoms. The van der Waals surface area contributed by atoms with Crippen LogP contribution in [-0.4, -0.2) is 98.8 Å². The van der Waals surface area contributed by atoms with Crippen molar-refractivity contribution in [3.8, 4) is 0 Å². The van der Waals surface area contributed by atoms with Gasteiger partial charge in [0.25, 0.3) is 5.91 Å². The Kier molecular flexibility index (Phi) is 10.4. The van der Waals surface area contributed by atoms with Gasteiger partial charge >= 0.3 is 0 Å². The maximum absolute atomic E-state index is 15.5. The maximum atomic E-state index is 15.5. The van der Waals surface area contributed by atoms with Crippen LogP contribution < -0.4 is 5.32 Å². The molecular weight excluding hydrogens is 605 g/mol. The van der Waals surface area contributed by atoms with Crippen LogP contribution in [0.25, 0.3) is 11.0 Å². The number of anilines is 1. The van der Waals surface area contributed by atoms with Crippen molar-refractivity contribution in [2.45, 2.75) is 75.8 Å². The average molecular weight is 650 g/mol. The van der Waals surface area contributed by atoms with Gasteiger partial charge in [-0.2, -0.15) is 0 Å². The number of nitrogens with one attached hydrogen (secondary N) is 1. The number of nitrogens with zero attached hydrogens (tertiary/aromatic N) is 2. The number of aryl methyl sites for hydroxylation is 1. The molecule has 4 atom stereocenters. The van der Waals surface area contributed by atoms with E-state index in [9.17, 15) is 14.4 Å². The number of halogens is 1. The Morgan fingerprint density at radius 3 is 2.47 bits per heavy atom. The van der Waals surface area contributed by atoms with Crippen LogP contribution in [-0.2, 0) is 30.2 Å². The van der Waals surface area contributed by atoms with Crippen LogP contribution in [0.5, 0.6) is 0 Å². The van der Waals surface area contributed by atoms with Gasteiger partial charge in [-0.1, -0.05) is 24.3 Å². The molecule has 3 heterocycles. The van der Waals surface area contributed by atoms with Crippen molar-refractivity contribution in [1.82, 2.24) is 9.80 Å². The molecule has 6 rings (SSSR count). The third kappa shape index (κ3) is 7.28. The molecule has 47 heavy (non-hydrogen) atoms. The Labute approximate surface area is 274 Å². The number of amides is 2. The van der Waals surface area contributed by atoms with Gasteiger partial charge in [0.2, 0.25) is 5.91 Å². The van der Waals surface area contributed by atoms with Crippen LogP contribution in [0.3, 0.4) is 0 Å². The highest BCUT2D eigenvalue weighted by molar-refractivity contribution is 6.12. The summed E-state index contributed by atoms with van der Waals surface area (Å²) in [5.41, 5.74) is 2.21. The standard InChI is InChI=1S/C36H44FN3O7/c1-22-12-24(30(37)15-31(22)38-36(43)29-21-47-32-7-5-4-6-28(29)32)13-35(42)40-16-25(39-17-33(44-2)34(18-39)45-3)14-26(40)20-46-27-10-8-23(19-41)9-11-27/h4-7,12,15,19,21,23,25-27,33-34H,8-11,13-14,16-18,20H2,1-3H3,(H,38,43)/t23-,25-,26-,27-,33-,34?/m0/s1. The Morgan fingerprint density at radius 2 is 1.77 bits per heavy atom. The molecule has 2 aromatic carbocycles. The molecule has 1 unspecified atom stereocenters. The number of carbonyl (C=O) groups is 3. The van der Waals surface area contributed by atoms with E-state index in [-0.39, 0.29) is 54.2 Å². The van der Waals surface area contributed by atoms with Crippen molar-refractivity contribution >= 4 is 34.8 Å². The summed E-state index contributed by atoms with van der Waals surface area (Å²) in [4.78, 5) is 42.3. The van der Waals surface area contributed by atoms with E-state index in [1.54, 1.807) is 39.3 Å². The minimum Gasteiger partial charge on any atom is -0.463 e. The van der Waals surface area contributed by atoms with E-state index in [0.717, 1.165) is 38.4 Å². The zero-order chi connectivity index (χ0) is 33.1. The Bertz CT molecular complexity index is 1570. The second-order valence-corrected chi connectivity index (χ2v) is 13.1. The SMILES string of the molecule is COC1CN([C@H]2C[C@@H](CO[C@H]3CC[C@H](C=O)CC3)N(C(=O)Cc3cc(C)c(NC(=O)c4coc5ccccc45)cc3F)C2)C[C@@H]1OC. The van der Waals surface area contributed by atoms with E-state index in [4.69, 9.17) is 18.6 Å². The van der Waals surface area contributed by atoms with Gasteiger partial charge in [0.15, 0.2) is 0 Å². The fourth-order valence-electron chi connectivity index (χ4n) is 7.40. The van der Waals surface area contributed by atoms with Crippen molar-refractivity contribution < 1.29 is 37.4 Å². The number of methoxy groups -OCH3 is 2. The van der Waals surface area contributed by atoms with Gasteiger partial charge in [0.05, 0.1) is 42.9 Å². The molecule has 3 fully saturated rings. The minimum absolute atomic E-state index is 0.0456. The molecule has 0 bridgehead atoms. The van der Waals surface area contributed by atoms with E-state index >= 15 is 4.39 Å². The molecule has 3 aromatic rings. The summed E-state index contributed by atoms with van der Waals surface area (Å²) in [6.07, 6.45) is 6.33. The van der Waals surface area contributed by atoms with Gasteiger partial charge in [0.1, 0.15) is 23.9 Å². The number of hydrogen-bond donors (Lipinski definition) is 1. The lowest BCUT2D eigenvalue weighted by Gasteiger charge is -2.29. The summed E-state index contributed by atoms with van der Waals surface area (Å²) in [6, 6.07) is 10.1. The summed E-state index contributed by atoms with van der Waals surface area (Å²) in [7, 11) is 3.38. The van der Waals surface area contributed by atoms with Gasteiger partial charge in [0, 0.05) is 56.9 Å². The van der Waals surface area contributed by atoms with Gasteiger partial charge in [-0.25, -0.2) is 4.39 Å². The highest BCUT2D eigenvalue weighted by Gasteiger charge is 2.43. The molecule has 2 aliphatic heterocycles. The minimum atomic E-state index is -0.558. The summed E-state index contributed by atoms with van der Waals surface area (Å²) < 4.78 is 38.7. The van der Waals surface area contributed by atoms with E-state index in [0.29, 0.717) is 54.0 Å². The number of rotatable bonds is 11. The first kappa shape index (κ1) is 33.3. The Morgan fingerprint density at radius 1 is 1.04 bits per heavy atom. The number of para-hydroxylation sites is 1. The van der Waals surface area contributed by atoms with Gasteiger partial charge < -0.3 is 33.6 Å². The number of ether oxygens (including phenoxy) is 3. The highest BCUT2D eigenvalue weighted by atomic mass is 19.1. The van der Waals surface area contributed by atoms with Crippen LogP contribution in [0.2, 0.25) is 0 Å². The molecule has 1 N–H and O–H groups in total. The summed E-state index contributed by atoms with van der Waals surface area (Å²) in [5.74, 6) is -1.03. The Balaban J connectivity index is 1.14. The van der Waals surface area contributed by atoms with Gasteiger partial charge in [-0.05, 0) is 62.3 Å². The molecule has 1 saturated carbocycles. The molecular formula is C36H44FN3O7.